The quantitative estimate of drug-likeness (QED) is 0.451. The van der Waals surface area contributed by atoms with Crippen molar-refractivity contribution in [2.45, 2.75) is 18.2 Å². The summed E-state index contributed by atoms with van der Waals surface area (Å²) in [4.78, 5) is 10.7. The Morgan fingerprint density at radius 3 is 2.50 bits per heavy atom. The molecule has 0 spiro atoms. The van der Waals surface area contributed by atoms with Gasteiger partial charge in [0.1, 0.15) is 0 Å². The summed E-state index contributed by atoms with van der Waals surface area (Å²) < 4.78 is 4.41. The van der Waals surface area contributed by atoms with E-state index in [4.69, 9.17) is 0 Å². The van der Waals surface area contributed by atoms with E-state index in [9.17, 15) is 4.79 Å². The Kier molecular flexibility index (Phi) is 3.92. The van der Waals surface area contributed by atoms with E-state index in [0.29, 0.717) is 11.2 Å². The molecule has 0 heterocycles. The molecule has 0 aliphatic rings. The molecular weight excluding hydrogens is 171 g/mol. The van der Waals surface area contributed by atoms with Gasteiger partial charge >= 0.3 is 56.8 Å². The Bertz CT molecular complexity index is 80.5. The van der Waals surface area contributed by atoms with Gasteiger partial charge in [-0.25, -0.2) is 0 Å². The number of hydrogen-bond acceptors (Lipinski definition) is 2. The van der Waals surface area contributed by atoms with Crippen molar-refractivity contribution >= 4 is 22.0 Å². The van der Waals surface area contributed by atoms with E-state index in [1.54, 1.807) is 0 Å². The number of rotatable bonds is 2. The molecule has 1 atom stereocenters. The zero-order valence-corrected chi connectivity index (χ0v) is 6.92. The second kappa shape index (κ2) is 3.93. The molecule has 0 aliphatic heterocycles. The Labute approximate surface area is 57.4 Å². The first-order chi connectivity index (χ1) is 3.66. The summed E-state index contributed by atoms with van der Waals surface area (Å²) in [6.45, 7) is 1.96. The second-order valence-corrected chi connectivity index (χ2v) is 3.48. The van der Waals surface area contributed by atoms with Crippen molar-refractivity contribution in [1.82, 2.24) is 0 Å². The van der Waals surface area contributed by atoms with Crippen LogP contribution in [0, 0.1) is 0 Å². The van der Waals surface area contributed by atoms with Crippen molar-refractivity contribution in [3.8, 4) is 0 Å². The van der Waals surface area contributed by atoms with Crippen molar-refractivity contribution < 1.29 is 9.53 Å². The molecule has 0 aromatic carbocycles. The van der Waals surface area contributed by atoms with Crippen molar-refractivity contribution in [3.05, 3.63) is 0 Å². The fraction of sp³-hybridized carbons (Fsp3) is 0.800. The maximum absolute atomic E-state index is 10.4. The summed E-state index contributed by atoms with van der Waals surface area (Å²) in [5.74, 6) is -0.141. The number of esters is 1. The van der Waals surface area contributed by atoms with E-state index >= 15 is 0 Å². The van der Waals surface area contributed by atoms with Crippen LogP contribution in [0.4, 0.5) is 0 Å². The molecule has 0 rings (SSSR count). The van der Waals surface area contributed by atoms with Crippen LogP contribution in [0.25, 0.3) is 0 Å². The predicted octanol–water partition coefficient (Wildman–Crippen LogP) is 0.259. The zero-order valence-electron chi connectivity index (χ0n) is 5.05. The van der Waals surface area contributed by atoms with Gasteiger partial charge in [0.25, 0.3) is 0 Å². The molecule has 8 heavy (non-hydrogen) atoms. The van der Waals surface area contributed by atoms with E-state index in [0.717, 1.165) is 0 Å². The molecule has 0 aromatic heterocycles. The summed E-state index contributed by atoms with van der Waals surface area (Å²) in [5.41, 5.74) is 0. The summed E-state index contributed by atoms with van der Waals surface area (Å²) >= 11 is 2.39. The zero-order chi connectivity index (χ0) is 6.57. The third kappa shape index (κ3) is 4.16. The SMILES string of the molecule is COC(=O)CC(C)[SeH]. The fourth-order valence-electron chi connectivity index (χ4n) is 0.325. The van der Waals surface area contributed by atoms with Crippen LogP contribution in [0.3, 0.4) is 0 Å². The van der Waals surface area contributed by atoms with Crippen molar-refractivity contribution in [2.75, 3.05) is 7.11 Å². The van der Waals surface area contributed by atoms with Crippen molar-refractivity contribution in [1.29, 1.82) is 0 Å². The van der Waals surface area contributed by atoms with Crippen LogP contribution in [0.5, 0.6) is 0 Å². The van der Waals surface area contributed by atoms with Gasteiger partial charge in [0.2, 0.25) is 0 Å². The van der Waals surface area contributed by atoms with Crippen LogP contribution >= 0.6 is 0 Å². The molecule has 0 bridgehead atoms. The third-order valence-corrected chi connectivity index (χ3v) is 1.07. The first-order valence-corrected chi connectivity index (χ1v) is 3.50. The summed E-state index contributed by atoms with van der Waals surface area (Å²) in [7, 11) is 1.40. The number of methoxy groups -OCH3 is 1. The average molecular weight is 181 g/mol. The molecule has 0 amide bonds. The van der Waals surface area contributed by atoms with Crippen molar-refractivity contribution in [3.63, 3.8) is 0 Å². The number of hydrogen-bond donors (Lipinski definition) is 0. The molecule has 48 valence electrons. The molecule has 0 saturated heterocycles. The molecule has 0 radical (unpaired) electrons. The first kappa shape index (κ1) is 7.99. The molecule has 0 fully saturated rings. The number of carbonyl (C=O) groups excluding carboxylic acids is 1. The van der Waals surface area contributed by atoms with Gasteiger partial charge in [-0.1, -0.05) is 0 Å². The topological polar surface area (TPSA) is 26.3 Å². The van der Waals surface area contributed by atoms with E-state index in [2.05, 4.69) is 20.7 Å². The van der Waals surface area contributed by atoms with E-state index in [1.165, 1.54) is 7.11 Å². The third-order valence-electron chi connectivity index (χ3n) is 0.690. The predicted molar refractivity (Wildman–Crippen MR) is 33.2 cm³/mol. The summed E-state index contributed by atoms with van der Waals surface area (Å²) in [6.07, 6.45) is 0.497. The van der Waals surface area contributed by atoms with Gasteiger partial charge in [0.15, 0.2) is 0 Å². The molecule has 0 aromatic rings. The minimum absolute atomic E-state index is 0.141. The monoisotopic (exact) mass is 182 g/mol. The molecule has 1 unspecified atom stereocenters. The summed E-state index contributed by atoms with van der Waals surface area (Å²) in [6, 6.07) is 0. The van der Waals surface area contributed by atoms with Crippen molar-refractivity contribution in [2.24, 2.45) is 0 Å². The fourth-order valence-corrected chi connectivity index (χ4v) is 0.637. The van der Waals surface area contributed by atoms with Gasteiger partial charge < -0.3 is 0 Å². The summed E-state index contributed by atoms with van der Waals surface area (Å²) in [5, 5.41) is 0. The van der Waals surface area contributed by atoms with Crippen LogP contribution in [0.15, 0.2) is 0 Å². The van der Waals surface area contributed by atoms with Crippen LogP contribution in [0.2, 0.25) is 4.82 Å². The van der Waals surface area contributed by atoms with Gasteiger partial charge in [-0.2, -0.15) is 0 Å². The van der Waals surface area contributed by atoms with Gasteiger partial charge in [-0.3, -0.25) is 0 Å². The molecule has 3 heteroatoms. The molecule has 2 nitrogen and oxygen atoms in total. The molecule has 0 saturated carbocycles. The van der Waals surface area contributed by atoms with E-state index in [-0.39, 0.29) is 5.97 Å². The Hall–Kier alpha value is -0.0105. The van der Waals surface area contributed by atoms with E-state index in [1.807, 2.05) is 6.92 Å². The van der Waals surface area contributed by atoms with Gasteiger partial charge in [0, 0.05) is 0 Å². The number of ether oxygens (including phenoxy) is 1. The second-order valence-electron chi connectivity index (χ2n) is 1.63. The normalized spacial score (nSPS) is 12.9. The van der Waals surface area contributed by atoms with Crippen LogP contribution < -0.4 is 0 Å². The van der Waals surface area contributed by atoms with E-state index < -0.39 is 0 Å². The molecule has 0 N–H and O–H groups in total. The van der Waals surface area contributed by atoms with Crippen LogP contribution in [0.1, 0.15) is 13.3 Å². The Balaban J connectivity index is 3.25. The van der Waals surface area contributed by atoms with Crippen LogP contribution in [-0.2, 0) is 9.53 Å². The molecular formula is C5H10O2Se. The van der Waals surface area contributed by atoms with Crippen LogP contribution in [-0.4, -0.2) is 29.1 Å². The Morgan fingerprint density at radius 2 is 2.38 bits per heavy atom. The Morgan fingerprint density at radius 1 is 1.88 bits per heavy atom. The van der Waals surface area contributed by atoms with Gasteiger partial charge in [-0.15, -0.1) is 0 Å². The minimum atomic E-state index is -0.141. The number of carbonyl (C=O) groups is 1. The molecule has 0 aliphatic carbocycles. The van der Waals surface area contributed by atoms with Gasteiger partial charge in [-0.05, 0) is 0 Å². The first-order valence-electron chi connectivity index (χ1n) is 2.41. The average Bonchev–Trinajstić information content (AvgIpc) is 1.65. The standard InChI is InChI=1S/C5H10O2Se/c1-4(8)3-5(6)7-2/h4,8H,3H2,1-2H3. The maximum atomic E-state index is 10.4. The van der Waals surface area contributed by atoms with Gasteiger partial charge in [0.05, 0.1) is 0 Å².